The van der Waals surface area contributed by atoms with E-state index in [1.54, 1.807) is 19.2 Å². The van der Waals surface area contributed by atoms with Gasteiger partial charge in [-0.1, -0.05) is 6.07 Å². The molecule has 0 spiro atoms. The molecule has 140 valence electrons. The number of aromatic nitrogens is 3. The summed E-state index contributed by atoms with van der Waals surface area (Å²) < 4.78 is 12.8. The molecule has 28 heavy (non-hydrogen) atoms. The van der Waals surface area contributed by atoms with E-state index < -0.39 is 0 Å². The number of fused-ring (bicyclic) bond motifs is 5. The van der Waals surface area contributed by atoms with Gasteiger partial charge in [-0.3, -0.25) is 9.78 Å². The molecule has 0 radical (unpaired) electrons. The predicted octanol–water partition coefficient (Wildman–Crippen LogP) is 4.27. The van der Waals surface area contributed by atoms with Crippen LogP contribution in [0.25, 0.3) is 22.4 Å². The van der Waals surface area contributed by atoms with E-state index in [1.165, 1.54) is 11.8 Å². The molecule has 0 aromatic carbocycles. The minimum atomic E-state index is 0.0224. The number of rotatable bonds is 6. The Morgan fingerprint density at radius 2 is 2.18 bits per heavy atom. The third kappa shape index (κ3) is 2.60. The third-order valence-electron chi connectivity index (χ3n) is 5.26. The SMILES string of the molecule is COc1ccc2c(n1)c(CCCC(=O)c1ccco1)c1n2Cc2cccnc2-1. The zero-order valence-corrected chi connectivity index (χ0v) is 15.5. The lowest BCUT2D eigenvalue weighted by atomic mass is 10.0. The number of hydrogen-bond donors (Lipinski definition) is 0. The summed E-state index contributed by atoms with van der Waals surface area (Å²) in [4.78, 5) is 21.6. The number of carbonyl (C=O) groups is 1. The lowest BCUT2D eigenvalue weighted by molar-refractivity contribution is 0.0953. The van der Waals surface area contributed by atoms with Crippen LogP contribution in [0.4, 0.5) is 0 Å². The van der Waals surface area contributed by atoms with Crippen molar-refractivity contribution in [2.75, 3.05) is 7.11 Å². The second kappa shape index (κ2) is 6.64. The fraction of sp³-hybridized carbons (Fsp3) is 0.227. The summed E-state index contributed by atoms with van der Waals surface area (Å²) in [6.07, 6.45) is 5.23. The van der Waals surface area contributed by atoms with Crippen LogP contribution in [0.3, 0.4) is 0 Å². The van der Waals surface area contributed by atoms with Crippen LogP contribution in [-0.4, -0.2) is 27.4 Å². The van der Waals surface area contributed by atoms with Crippen LogP contribution in [-0.2, 0) is 13.0 Å². The van der Waals surface area contributed by atoms with Gasteiger partial charge >= 0.3 is 0 Å². The molecular formula is C22H19N3O3. The van der Waals surface area contributed by atoms with Gasteiger partial charge < -0.3 is 13.7 Å². The maximum Gasteiger partial charge on any atom is 0.213 e. The Morgan fingerprint density at radius 3 is 3.00 bits per heavy atom. The number of hydrogen-bond acceptors (Lipinski definition) is 5. The first-order chi connectivity index (χ1) is 13.8. The van der Waals surface area contributed by atoms with Crippen molar-refractivity contribution in [3.05, 3.63) is 65.7 Å². The molecular weight excluding hydrogens is 354 g/mol. The molecule has 4 aromatic heterocycles. The topological polar surface area (TPSA) is 70.2 Å². The molecule has 0 aliphatic carbocycles. The van der Waals surface area contributed by atoms with Crippen LogP contribution in [0.5, 0.6) is 5.88 Å². The van der Waals surface area contributed by atoms with Gasteiger partial charge in [-0.05, 0) is 42.7 Å². The number of Topliss-reactive ketones (excluding diaryl/α,β-unsaturated/α-hetero) is 1. The van der Waals surface area contributed by atoms with Gasteiger partial charge in [0.1, 0.15) is 0 Å². The molecule has 0 N–H and O–H groups in total. The van der Waals surface area contributed by atoms with E-state index in [-0.39, 0.29) is 5.78 Å². The molecule has 0 atom stereocenters. The summed E-state index contributed by atoms with van der Waals surface area (Å²) in [6, 6.07) is 11.5. The van der Waals surface area contributed by atoms with Gasteiger partial charge in [0.25, 0.3) is 0 Å². The Kier molecular flexibility index (Phi) is 3.97. The van der Waals surface area contributed by atoms with E-state index in [0.717, 1.165) is 41.0 Å². The first-order valence-electron chi connectivity index (χ1n) is 9.33. The van der Waals surface area contributed by atoms with Gasteiger partial charge in [-0.15, -0.1) is 0 Å². The van der Waals surface area contributed by atoms with Crippen molar-refractivity contribution in [2.45, 2.75) is 25.8 Å². The van der Waals surface area contributed by atoms with E-state index >= 15 is 0 Å². The Morgan fingerprint density at radius 1 is 1.25 bits per heavy atom. The number of ether oxygens (including phenoxy) is 1. The Bertz CT molecular complexity index is 1180. The molecule has 1 aliphatic heterocycles. The smallest absolute Gasteiger partial charge is 0.213 e. The normalized spacial score (nSPS) is 12.2. The van der Waals surface area contributed by atoms with Crippen molar-refractivity contribution in [3.63, 3.8) is 0 Å². The molecule has 0 fully saturated rings. The Hall–Kier alpha value is -3.41. The van der Waals surface area contributed by atoms with E-state index in [0.29, 0.717) is 24.5 Å². The van der Waals surface area contributed by atoms with E-state index in [2.05, 4.69) is 15.6 Å². The van der Waals surface area contributed by atoms with Gasteiger partial charge in [-0.25, -0.2) is 4.98 Å². The first-order valence-corrected chi connectivity index (χ1v) is 9.33. The van der Waals surface area contributed by atoms with E-state index in [4.69, 9.17) is 14.1 Å². The highest BCUT2D eigenvalue weighted by Crippen LogP contribution is 2.40. The van der Waals surface area contributed by atoms with Crippen molar-refractivity contribution in [3.8, 4) is 17.3 Å². The Balaban J connectivity index is 1.53. The van der Waals surface area contributed by atoms with Crippen LogP contribution in [0.2, 0.25) is 0 Å². The standard InChI is InChI=1S/C22H19N3O3/c1-27-19-10-9-16-21(24-19)15(6-2-7-17(26)18-8-4-12-28-18)22-20-14(13-25(16)22)5-3-11-23-20/h3-5,8-12H,2,6-7,13H2,1H3. The molecule has 0 saturated heterocycles. The summed E-state index contributed by atoms with van der Waals surface area (Å²) in [5.41, 5.74) is 6.45. The third-order valence-corrected chi connectivity index (χ3v) is 5.26. The second-order valence-electron chi connectivity index (χ2n) is 6.90. The zero-order chi connectivity index (χ0) is 19.1. The average molecular weight is 373 g/mol. The summed E-state index contributed by atoms with van der Waals surface area (Å²) in [6.45, 7) is 0.786. The molecule has 1 aliphatic rings. The van der Waals surface area contributed by atoms with Crippen molar-refractivity contribution in [2.24, 2.45) is 0 Å². The molecule has 4 aromatic rings. The summed E-state index contributed by atoms with van der Waals surface area (Å²) in [5, 5.41) is 0. The van der Waals surface area contributed by atoms with E-state index in [1.807, 2.05) is 24.4 Å². The van der Waals surface area contributed by atoms with E-state index in [9.17, 15) is 4.79 Å². The highest BCUT2D eigenvalue weighted by Gasteiger charge is 2.28. The first kappa shape index (κ1) is 16.7. The number of furan rings is 1. The summed E-state index contributed by atoms with van der Waals surface area (Å²) in [7, 11) is 1.62. The van der Waals surface area contributed by atoms with Gasteiger partial charge in [0.2, 0.25) is 5.88 Å². The molecule has 0 bridgehead atoms. The number of carbonyl (C=O) groups excluding carboxylic acids is 1. The number of nitrogens with zero attached hydrogens (tertiary/aromatic N) is 3. The molecule has 0 amide bonds. The van der Waals surface area contributed by atoms with Crippen molar-refractivity contribution >= 4 is 16.8 Å². The Labute approximate surface area is 161 Å². The fourth-order valence-electron chi connectivity index (χ4n) is 3.99. The molecule has 0 unspecified atom stereocenters. The minimum Gasteiger partial charge on any atom is -0.481 e. The number of pyridine rings is 2. The lowest BCUT2D eigenvalue weighted by Crippen LogP contribution is -1.99. The van der Waals surface area contributed by atoms with Crippen LogP contribution in [0.15, 0.2) is 53.3 Å². The van der Waals surface area contributed by atoms with Gasteiger partial charge in [0.05, 0.1) is 42.3 Å². The van der Waals surface area contributed by atoms with Gasteiger partial charge in [-0.2, -0.15) is 0 Å². The molecule has 0 saturated carbocycles. The largest absolute Gasteiger partial charge is 0.481 e. The maximum atomic E-state index is 12.3. The molecule has 5 rings (SSSR count). The van der Waals surface area contributed by atoms with Gasteiger partial charge in [0.15, 0.2) is 11.5 Å². The van der Waals surface area contributed by atoms with Gasteiger partial charge in [0, 0.05) is 24.2 Å². The van der Waals surface area contributed by atoms with Crippen molar-refractivity contribution < 1.29 is 13.9 Å². The highest BCUT2D eigenvalue weighted by molar-refractivity contribution is 5.94. The van der Waals surface area contributed by atoms with Crippen LogP contribution in [0.1, 0.15) is 34.5 Å². The molecule has 6 heteroatoms. The van der Waals surface area contributed by atoms with Crippen LogP contribution in [0, 0.1) is 0 Å². The van der Waals surface area contributed by atoms with Crippen molar-refractivity contribution in [1.82, 2.24) is 14.5 Å². The lowest BCUT2D eigenvalue weighted by Gasteiger charge is -2.05. The number of ketones is 1. The van der Waals surface area contributed by atoms with Crippen molar-refractivity contribution in [1.29, 1.82) is 0 Å². The zero-order valence-electron chi connectivity index (χ0n) is 15.5. The maximum absolute atomic E-state index is 12.3. The van der Waals surface area contributed by atoms with Crippen LogP contribution >= 0.6 is 0 Å². The summed E-state index contributed by atoms with van der Waals surface area (Å²) in [5.74, 6) is 1.03. The number of methoxy groups -OCH3 is 1. The quantitative estimate of drug-likeness (QED) is 0.416. The second-order valence-corrected chi connectivity index (χ2v) is 6.90. The average Bonchev–Trinajstić information content (AvgIpc) is 3.44. The number of aryl methyl sites for hydroxylation is 1. The van der Waals surface area contributed by atoms with Crippen LogP contribution < -0.4 is 4.74 Å². The summed E-state index contributed by atoms with van der Waals surface area (Å²) >= 11 is 0. The molecule has 6 nitrogen and oxygen atoms in total. The molecule has 5 heterocycles. The highest BCUT2D eigenvalue weighted by atomic mass is 16.5. The minimum absolute atomic E-state index is 0.0224. The predicted molar refractivity (Wildman–Crippen MR) is 105 cm³/mol. The fourth-order valence-corrected chi connectivity index (χ4v) is 3.99. The monoisotopic (exact) mass is 373 g/mol.